The molecule has 8 nitrogen and oxygen atoms in total. The number of nitrogens with one attached hydrogen (secondary N) is 2. The molecular weight excluding hydrogens is 348 g/mol. The van der Waals surface area contributed by atoms with Gasteiger partial charge in [-0.25, -0.2) is 9.97 Å². The van der Waals surface area contributed by atoms with Crippen LogP contribution in [0.3, 0.4) is 0 Å². The van der Waals surface area contributed by atoms with E-state index in [1.165, 1.54) is 0 Å². The number of hydrogen-bond acceptors (Lipinski definition) is 6. The molecule has 144 valence electrons. The van der Waals surface area contributed by atoms with Crippen LogP contribution in [-0.4, -0.2) is 39.2 Å². The number of H-pyrrole nitrogens is 1. The third-order valence-corrected chi connectivity index (χ3v) is 4.94. The van der Waals surface area contributed by atoms with Gasteiger partial charge < -0.3 is 20.1 Å². The number of ether oxygens (including phenoxy) is 1. The Labute approximate surface area is 157 Å². The number of methoxy groups -OCH3 is 1. The normalized spacial score (nSPS) is 19.9. The molecule has 0 spiro atoms. The maximum atomic E-state index is 12.6. The van der Waals surface area contributed by atoms with Crippen LogP contribution in [0.25, 0.3) is 0 Å². The topological polar surface area (TPSA) is 117 Å². The van der Waals surface area contributed by atoms with Crippen LogP contribution in [-0.2, 0) is 11.2 Å². The molecular formula is C19H24N4O4. The highest BCUT2D eigenvalue weighted by Crippen LogP contribution is 2.38. The van der Waals surface area contributed by atoms with Crippen molar-refractivity contribution in [3.05, 3.63) is 51.3 Å². The van der Waals surface area contributed by atoms with Crippen molar-refractivity contribution in [2.24, 2.45) is 5.92 Å². The number of pyridine rings is 1. The number of hydrogen-bond donors (Lipinski definition) is 3. The van der Waals surface area contributed by atoms with E-state index >= 15 is 0 Å². The van der Waals surface area contributed by atoms with Gasteiger partial charge in [0.25, 0.3) is 5.56 Å². The summed E-state index contributed by atoms with van der Waals surface area (Å²) in [6.45, 7) is 3.42. The first-order valence-electron chi connectivity index (χ1n) is 8.91. The van der Waals surface area contributed by atoms with Gasteiger partial charge in [-0.3, -0.25) is 9.59 Å². The molecule has 0 aliphatic heterocycles. The smallest absolute Gasteiger partial charge is 0.254 e. The van der Waals surface area contributed by atoms with Crippen molar-refractivity contribution in [3.63, 3.8) is 0 Å². The van der Waals surface area contributed by atoms with Gasteiger partial charge >= 0.3 is 0 Å². The molecule has 1 aliphatic rings. The number of rotatable bonds is 6. The fourth-order valence-corrected chi connectivity index (χ4v) is 3.42. The molecule has 0 aromatic carbocycles. The van der Waals surface area contributed by atoms with Crippen molar-refractivity contribution in [3.8, 4) is 5.88 Å². The Balaban J connectivity index is 1.77. The highest BCUT2D eigenvalue weighted by Gasteiger charge is 2.36. The fourth-order valence-electron chi connectivity index (χ4n) is 3.42. The van der Waals surface area contributed by atoms with E-state index < -0.39 is 0 Å². The Morgan fingerprint density at radius 2 is 2.15 bits per heavy atom. The molecule has 0 saturated heterocycles. The summed E-state index contributed by atoms with van der Waals surface area (Å²) in [5, 5.41) is 12.7. The molecule has 1 atom stereocenters. The Kier molecular flexibility index (Phi) is 5.55. The van der Waals surface area contributed by atoms with E-state index in [1.807, 2.05) is 6.07 Å². The molecule has 3 N–H and O–H groups in total. The number of aryl methyl sites for hydroxylation is 2. The first-order valence-corrected chi connectivity index (χ1v) is 8.91. The summed E-state index contributed by atoms with van der Waals surface area (Å²) in [7, 11) is 1.54. The average molecular weight is 372 g/mol. The lowest BCUT2D eigenvalue weighted by molar-refractivity contribution is -0.122. The second-order valence-electron chi connectivity index (χ2n) is 6.96. The Hall–Kier alpha value is -2.74. The van der Waals surface area contributed by atoms with Gasteiger partial charge in [0.05, 0.1) is 25.7 Å². The number of aromatic amines is 1. The number of carbonyl (C=O) groups is 1. The Morgan fingerprint density at radius 3 is 2.70 bits per heavy atom. The van der Waals surface area contributed by atoms with Gasteiger partial charge in [-0.1, -0.05) is 6.07 Å². The molecule has 0 bridgehead atoms. The lowest BCUT2D eigenvalue weighted by Crippen LogP contribution is -2.42. The zero-order chi connectivity index (χ0) is 19.6. The number of aliphatic hydroxyl groups is 1. The van der Waals surface area contributed by atoms with Gasteiger partial charge in [0.15, 0.2) is 0 Å². The molecule has 2 aromatic rings. The SMILES string of the molecule is COc1ccc([C@@H](NC(=O)Cc2c(C)nc(C)[nH]c2=O)C2CC(O)C2)cn1. The van der Waals surface area contributed by atoms with Crippen LogP contribution in [0.1, 0.15) is 41.5 Å². The van der Waals surface area contributed by atoms with Gasteiger partial charge in [0, 0.05) is 23.5 Å². The molecule has 0 radical (unpaired) electrons. The van der Waals surface area contributed by atoms with Crippen LogP contribution < -0.4 is 15.6 Å². The summed E-state index contributed by atoms with van der Waals surface area (Å²) < 4.78 is 5.08. The second kappa shape index (κ2) is 7.87. The zero-order valence-electron chi connectivity index (χ0n) is 15.7. The van der Waals surface area contributed by atoms with Crippen molar-refractivity contribution in [1.82, 2.24) is 20.3 Å². The largest absolute Gasteiger partial charge is 0.481 e. The van der Waals surface area contributed by atoms with Crippen molar-refractivity contribution in [2.45, 2.75) is 45.3 Å². The first kappa shape index (κ1) is 19.0. The van der Waals surface area contributed by atoms with Crippen LogP contribution in [0.5, 0.6) is 5.88 Å². The Bertz CT molecular complexity index is 872. The fraction of sp³-hybridized carbons (Fsp3) is 0.474. The van der Waals surface area contributed by atoms with Crippen molar-refractivity contribution in [1.29, 1.82) is 0 Å². The summed E-state index contributed by atoms with van der Waals surface area (Å²) in [6.07, 6.45) is 2.50. The van der Waals surface area contributed by atoms with Crippen LogP contribution in [0.2, 0.25) is 0 Å². The van der Waals surface area contributed by atoms with Gasteiger partial charge in [0.2, 0.25) is 11.8 Å². The van der Waals surface area contributed by atoms with E-state index in [1.54, 1.807) is 33.2 Å². The van der Waals surface area contributed by atoms with Gasteiger partial charge in [0.1, 0.15) is 5.82 Å². The van der Waals surface area contributed by atoms with Crippen LogP contribution in [0.4, 0.5) is 0 Å². The molecule has 1 saturated carbocycles. The molecule has 3 rings (SSSR count). The van der Waals surface area contributed by atoms with Crippen LogP contribution >= 0.6 is 0 Å². The third-order valence-electron chi connectivity index (χ3n) is 4.94. The van der Waals surface area contributed by atoms with Crippen molar-refractivity contribution >= 4 is 5.91 Å². The summed E-state index contributed by atoms with van der Waals surface area (Å²) in [6, 6.07) is 3.31. The van der Waals surface area contributed by atoms with Crippen LogP contribution in [0, 0.1) is 19.8 Å². The van der Waals surface area contributed by atoms with Crippen LogP contribution in [0.15, 0.2) is 23.1 Å². The van der Waals surface area contributed by atoms with Gasteiger partial charge in [-0.2, -0.15) is 0 Å². The third kappa shape index (κ3) is 4.33. The number of amides is 1. The molecule has 2 aromatic heterocycles. The minimum atomic E-state index is -0.341. The van der Waals surface area contributed by atoms with E-state index in [9.17, 15) is 14.7 Å². The maximum absolute atomic E-state index is 12.6. The summed E-state index contributed by atoms with van der Waals surface area (Å²) >= 11 is 0. The highest BCUT2D eigenvalue weighted by atomic mass is 16.5. The van der Waals surface area contributed by atoms with Gasteiger partial charge in [-0.15, -0.1) is 0 Å². The zero-order valence-corrected chi connectivity index (χ0v) is 15.7. The summed E-state index contributed by atoms with van der Waals surface area (Å²) in [5.74, 6) is 0.865. The molecule has 1 aliphatic carbocycles. The molecule has 8 heteroatoms. The van der Waals surface area contributed by atoms with Gasteiger partial charge in [-0.05, 0) is 38.2 Å². The number of aliphatic hydroxyl groups excluding tert-OH is 1. The lowest BCUT2D eigenvalue weighted by Gasteiger charge is -2.38. The van der Waals surface area contributed by atoms with E-state index in [0.29, 0.717) is 35.8 Å². The number of aromatic nitrogens is 3. The highest BCUT2D eigenvalue weighted by molar-refractivity contribution is 5.79. The molecule has 27 heavy (non-hydrogen) atoms. The predicted molar refractivity (Wildman–Crippen MR) is 98.4 cm³/mol. The van der Waals surface area contributed by atoms with E-state index in [-0.39, 0.29) is 36.0 Å². The molecule has 1 fully saturated rings. The lowest BCUT2D eigenvalue weighted by atomic mass is 9.75. The van der Waals surface area contributed by atoms with E-state index in [2.05, 4.69) is 20.3 Å². The molecule has 1 amide bonds. The van der Waals surface area contributed by atoms with E-state index in [0.717, 1.165) is 5.56 Å². The number of carbonyl (C=O) groups excluding carboxylic acids is 1. The Morgan fingerprint density at radius 1 is 1.41 bits per heavy atom. The van der Waals surface area contributed by atoms with Crippen molar-refractivity contribution < 1.29 is 14.6 Å². The molecule has 2 heterocycles. The number of nitrogens with zero attached hydrogens (tertiary/aromatic N) is 2. The molecule has 0 unspecified atom stereocenters. The second-order valence-corrected chi connectivity index (χ2v) is 6.96. The van der Waals surface area contributed by atoms with Crippen molar-refractivity contribution in [2.75, 3.05) is 7.11 Å². The monoisotopic (exact) mass is 372 g/mol. The summed E-state index contributed by atoms with van der Waals surface area (Å²) in [5.41, 5.74) is 1.46. The van der Waals surface area contributed by atoms with E-state index in [4.69, 9.17) is 4.74 Å². The standard InChI is InChI=1S/C19H24N4O4/c1-10-15(19(26)22-11(2)21-10)8-16(25)23-18(13-6-14(24)7-13)12-4-5-17(27-3)20-9-12/h4-5,9,13-14,18,24H,6-8H2,1-3H3,(H,23,25)(H,21,22,26)/t13?,14?,18-/m1/s1. The first-order chi connectivity index (χ1) is 12.9. The maximum Gasteiger partial charge on any atom is 0.254 e. The summed E-state index contributed by atoms with van der Waals surface area (Å²) in [4.78, 5) is 35.8. The quantitative estimate of drug-likeness (QED) is 0.695. The minimum absolute atomic E-state index is 0.0518. The minimum Gasteiger partial charge on any atom is -0.481 e. The average Bonchev–Trinajstić information content (AvgIpc) is 2.60. The predicted octanol–water partition coefficient (Wildman–Crippen LogP) is 0.961.